The third-order valence-corrected chi connectivity index (χ3v) is 0. The smallest absolute Gasteiger partial charge is 0.0929 e. The van der Waals surface area contributed by atoms with E-state index in [2.05, 4.69) is 12.6 Å². The highest BCUT2D eigenvalue weighted by atomic mass is 32.1. The topological polar surface area (TPSA) is 40.1 Å². The molecule has 0 aromatic heterocycles. The summed E-state index contributed by atoms with van der Waals surface area (Å²) in [4.78, 5) is 8.89. The highest BCUT2D eigenvalue weighted by Gasteiger charge is 1.46. The van der Waals surface area contributed by atoms with Crippen LogP contribution in [0.1, 0.15) is 6.92 Å². The summed E-state index contributed by atoms with van der Waals surface area (Å²) in [6.07, 6.45) is 1.81. The second-order valence-electron chi connectivity index (χ2n) is 0.492. The van der Waals surface area contributed by atoms with Gasteiger partial charge in [-0.1, -0.05) is 0 Å². The Bertz CT molecular complexity index is 31.8. The lowest BCUT2D eigenvalue weighted by Gasteiger charge is -1.77. The molecule has 0 saturated heterocycles. The molecule has 0 aliphatic heterocycles. The molecule has 0 spiro atoms. The van der Waals surface area contributed by atoms with E-state index in [-0.39, 0.29) is 0 Å². The summed E-state index contributed by atoms with van der Waals surface area (Å²) < 4.78 is 0. The molecule has 0 fully saturated rings. The number of hydrogen-bond acceptors (Lipinski definition) is 2. The minimum Gasteiger partial charge on any atom is -0.550 e. The van der Waals surface area contributed by atoms with Crippen molar-refractivity contribution in [1.29, 1.82) is 0 Å². The SMILES string of the molecule is CC(=O)[O-].C[SH2+]. The fourth-order valence-electron chi connectivity index (χ4n) is 0. The molecule has 0 heterocycles. The normalized spacial score (nSPS) is 5.17. The molecule has 0 unspecified atom stereocenters. The second-order valence-corrected chi connectivity index (χ2v) is 0.492. The van der Waals surface area contributed by atoms with Gasteiger partial charge in [0.05, 0.1) is 6.26 Å². The van der Waals surface area contributed by atoms with Crippen LogP contribution in [0.4, 0.5) is 0 Å². The van der Waals surface area contributed by atoms with Crippen molar-refractivity contribution in [3.63, 3.8) is 0 Å². The van der Waals surface area contributed by atoms with Gasteiger partial charge in [0.15, 0.2) is 0 Å². The van der Waals surface area contributed by atoms with Gasteiger partial charge in [0, 0.05) is 5.97 Å². The Hall–Kier alpha value is -0.180. The standard InChI is InChI=1S/C2H4O2.CH4S/c1-2(3)4;1-2/h1H3,(H,3,4);2H,1H3. The summed E-state index contributed by atoms with van der Waals surface area (Å²) in [5, 5.41) is 8.89. The Morgan fingerprint density at radius 3 is 1.67 bits per heavy atom. The molecule has 6 heavy (non-hydrogen) atoms. The first-order valence-corrected chi connectivity index (χ1v) is 2.41. The molecule has 0 aromatic carbocycles. The fourth-order valence-corrected chi connectivity index (χ4v) is 0. The van der Waals surface area contributed by atoms with Crippen LogP contribution in [-0.4, -0.2) is 12.2 Å². The van der Waals surface area contributed by atoms with Crippen molar-refractivity contribution in [3.8, 4) is 0 Å². The van der Waals surface area contributed by atoms with Crippen molar-refractivity contribution in [2.45, 2.75) is 6.92 Å². The van der Waals surface area contributed by atoms with Crippen LogP contribution >= 0.6 is 0 Å². The number of hydrogen-bond donors (Lipinski definition) is 0. The number of aliphatic carboxylic acids is 1. The van der Waals surface area contributed by atoms with Gasteiger partial charge in [-0.3, -0.25) is 0 Å². The van der Waals surface area contributed by atoms with E-state index in [4.69, 9.17) is 9.90 Å². The largest absolute Gasteiger partial charge is 0.550 e. The van der Waals surface area contributed by atoms with Gasteiger partial charge in [0.25, 0.3) is 0 Å². The van der Waals surface area contributed by atoms with Gasteiger partial charge < -0.3 is 9.90 Å². The van der Waals surface area contributed by atoms with Crippen molar-refractivity contribution in [3.05, 3.63) is 0 Å². The van der Waals surface area contributed by atoms with Gasteiger partial charge >= 0.3 is 0 Å². The maximum atomic E-state index is 8.89. The average Bonchev–Trinajstić information content (AvgIpc) is 1.41. The molecule has 0 atom stereocenters. The van der Waals surface area contributed by atoms with E-state index in [1.165, 1.54) is 0 Å². The van der Waals surface area contributed by atoms with E-state index in [1.807, 2.05) is 0 Å². The predicted molar refractivity (Wildman–Crippen MR) is 26.8 cm³/mol. The van der Waals surface area contributed by atoms with Crippen LogP contribution in [-0.2, 0) is 17.4 Å². The molecular formula is C3H8O2S. The molecule has 0 rings (SSSR count). The first-order valence-electron chi connectivity index (χ1n) is 1.41. The number of rotatable bonds is 0. The number of carboxylic acids is 1. The van der Waals surface area contributed by atoms with Crippen molar-refractivity contribution in [2.24, 2.45) is 0 Å². The van der Waals surface area contributed by atoms with E-state index in [9.17, 15) is 0 Å². The quantitative estimate of drug-likeness (QED) is 0.350. The van der Waals surface area contributed by atoms with Crippen molar-refractivity contribution in [1.82, 2.24) is 0 Å². The van der Waals surface area contributed by atoms with Gasteiger partial charge in [-0.25, -0.2) is 0 Å². The number of carbonyl (C=O) groups excluding carboxylic acids is 1. The first-order chi connectivity index (χ1) is 2.73. The molecule has 2 nitrogen and oxygen atoms in total. The summed E-state index contributed by atoms with van der Waals surface area (Å²) in [5.41, 5.74) is 0. The van der Waals surface area contributed by atoms with Gasteiger partial charge in [-0.15, -0.1) is 0 Å². The molecule has 0 bridgehead atoms. The van der Waals surface area contributed by atoms with Gasteiger partial charge in [0.1, 0.15) is 0 Å². The van der Waals surface area contributed by atoms with E-state index >= 15 is 0 Å². The van der Waals surface area contributed by atoms with Crippen LogP contribution in [0.15, 0.2) is 0 Å². The van der Waals surface area contributed by atoms with Gasteiger partial charge in [0.2, 0.25) is 0 Å². The Balaban J connectivity index is 0. The minimum atomic E-state index is -1.08. The van der Waals surface area contributed by atoms with Crippen molar-refractivity contribution >= 4 is 18.6 Å². The van der Waals surface area contributed by atoms with E-state index < -0.39 is 5.97 Å². The first kappa shape index (κ1) is 9.27. The van der Waals surface area contributed by atoms with Crippen LogP contribution in [0, 0.1) is 0 Å². The zero-order valence-electron chi connectivity index (χ0n) is 3.82. The third kappa shape index (κ3) is 938. The monoisotopic (exact) mass is 108 g/mol. The summed E-state index contributed by atoms with van der Waals surface area (Å²) in [5.74, 6) is -1.08. The predicted octanol–water partition coefficient (Wildman–Crippen LogP) is -1.62. The molecular weight excluding hydrogens is 100 g/mol. The molecule has 0 aromatic rings. The molecule has 3 heteroatoms. The molecule has 0 radical (unpaired) electrons. The Morgan fingerprint density at radius 1 is 1.67 bits per heavy atom. The number of carbonyl (C=O) groups is 1. The fraction of sp³-hybridized carbons (Fsp3) is 0.667. The van der Waals surface area contributed by atoms with E-state index in [0.29, 0.717) is 0 Å². The lowest BCUT2D eigenvalue weighted by molar-refractivity contribution is -0.302. The van der Waals surface area contributed by atoms with Crippen LogP contribution in [0.3, 0.4) is 0 Å². The molecule has 0 aliphatic rings. The maximum Gasteiger partial charge on any atom is 0.0929 e. The second kappa shape index (κ2) is 8.84. The molecule has 0 amide bonds. The van der Waals surface area contributed by atoms with Crippen LogP contribution < -0.4 is 5.11 Å². The minimum absolute atomic E-state index is 0.972. The molecule has 0 aliphatic carbocycles. The lowest BCUT2D eigenvalue weighted by atomic mass is 10.9. The summed E-state index contributed by atoms with van der Waals surface area (Å²) in [6.45, 7) is 0.972. The van der Waals surface area contributed by atoms with Crippen molar-refractivity contribution in [2.75, 3.05) is 6.26 Å². The zero-order chi connectivity index (χ0) is 5.58. The molecule has 0 saturated carbocycles. The van der Waals surface area contributed by atoms with E-state index in [0.717, 1.165) is 6.92 Å². The average molecular weight is 108 g/mol. The van der Waals surface area contributed by atoms with Crippen molar-refractivity contribution < 1.29 is 9.90 Å². The number of carboxylic acid groups (broad SMARTS) is 1. The highest BCUT2D eigenvalue weighted by molar-refractivity contribution is 7.57. The maximum absolute atomic E-state index is 8.89. The Kier molecular flexibility index (Phi) is 13.7. The van der Waals surface area contributed by atoms with Crippen LogP contribution in [0.5, 0.6) is 0 Å². The summed E-state index contributed by atoms with van der Waals surface area (Å²) in [6, 6.07) is 0. The van der Waals surface area contributed by atoms with Crippen LogP contribution in [0.2, 0.25) is 0 Å². The summed E-state index contributed by atoms with van der Waals surface area (Å²) >= 11 is 2.97. The van der Waals surface area contributed by atoms with Gasteiger partial charge in [-0.2, -0.15) is 0 Å². The molecule has 38 valence electrons. The highest BCUT2D eigenvalue weighted by Crippen LogP contribution is 1.31. The lowest BCUT2D eigenvalue weighted by Crippen LogP contribution is -2.16. The van der Waals surface area contributed by atoms with E-state index in [1.54, 1.807) is 6.26 Å². The van der Waals surface area contributed by atoms with Gasteiger partial charge in [-0.05, 0) is 19.6 Å². The molecule has 0 N–H and O–H groups in total. The van der Waals surface area contributed by atoms with Crippen LogP contribution in [0.25, 0.3) is 0 Å². The third-order valence-electron chi connectivity index (χ3n) is 0. The zero-order valence-corrected chi connectivity index (χ0v) is 4.82. The summed E-state index contributed by atoms with van der Waals surface area (Å²) in [7, 11) is 0. The Labute approximate surface area is 42.6 Å². The Morgan fingerprint density at radius 2 is 1.67 bits per heavy atom.